The van der Waals surface area contributed by atoms with Crippen molar-refractivity contribution in [1.29, 1.82) is 0 Å². The molecule has 1 saturated carbocycles. The maximum absolute atomic E-state index is 10.6. The fraction of sp³-hybridized carbons (Fsp3) is 1.00. The van der Waals surface area contributed by atoms with Crippen LogP contribution in [0.3, 0.4) is 0 Å². The predicted octanol–water partition coefficient (Wildman–Crippen LogP) is 0.682. The Balaban J connectivity index is 2.41. The molecule has 0 aromatic rings. The van der Waals surface area contributed by atoms with Crippen LogP contribution in [0.25, 0.3) is 0 Å². The molecule has 3 nitrogen and oxygen atoms in total. The summed E-state index contributed by atoms with van der Waals surface area (Å²) < 4.78 is 21.2. The van der Waals surface area contributed by atoms with Crippen molar-refractivity contribution in [2.75, 3.05) is 5.75 Å². The van der Waals surface area contributed by atoms with Crippen LogP contribution in [0.1, 0.15) is 19.3 Å². The zero-order valence-electron chi connectivity index (χ0n) is 6.16. The third-order valence-corrected chi connectivity index (χ3v) is 3.26. The van der Waals surface area contributed by atoms with E-state index in [1.54, 1.807) is 0 Å². The van der Waals surface area contributed by atoms with E-state index in [0.717, 1.165) is 19.3 Å². The molecule has 0 spiro atoms. The van der Waals surface area contributed by atoms with Crippen LogP contribution in [0, 0.1) is 5.92 Å². The SMILES string of the molecule is N[C@@H]1CC[C@H](CS(=O)(=O)Cl)C1. The highest BCUT2D eigenvalue weighted by molar-refractivity contribution is 8.13. The summed E-state index contributed by atoms with van der Waals surface area (Å²) in [6, 6.07) is 0.179. The Labute approximate surface area is 71.3 Å². The molecule has 1 aliphatic carbocycles. The lowest BCUT2D eigenvalue weighted by molar-refractivity contribution is 0.563. The van der Waals surface area contributed by atoms with Crippen LogP contribution in [-0.2, 0) is 9.05 Å². The van der Waals surface area contributed by atoms with Gasteiger partial charge in [0.05, 0.1) is 5.75 Å². The Morgan fingerprint density at radius 2 is 2.09 bits per heavy atom. The molecule has 0 aromatic carbocycles. The normalized spacial score (nSPS) is 32.5. The van der Waals surface area contributed by atoms with E-state index in [4.69, 9.17) is 16.4 Å². The molecule has 0 bridgehead atoms. The van der Waals surface area contributed by atoms with Gasteiger partial charge in [0.2, 0.25) is 9.05 Å². The van der Waals surface area contributed by atoms with Crippen LogP contribution in [0.2, 0.25) is 0 Å². The quantitative estimate of drug-likeness (QED) is 0.663. The molecule has 0 saturated heterocycles. The lowest BCUT2D eigenvalue weighted by Crippen LogP contribution is -2.16. The van der Waals surface area contributed by atoms with E-state index in [1.165, 1.54) is 0 Å². The van der Waals surface area contributed by atoms with E-state index in [9.17, 15) is 8.42 Å². The summed E-state index contributed by atoms with van der Waals surface area (Å²) in [7, 11) is 1.78. The highest BCUT2D eigenvalue weighted by Crippen LogP contribution is 2.26. The van der Waals surface area contributed by atoms with Gasteiger partial charge in [0.15, 0.2) is 0 Å². The molecule has 1 rings (SSSR count). The molecule has 0 aromatic heterocycles. The van der Waals surface area contributed by atoms with Crippen LogP contribution in [0.5, 0.6) is 0 Å². The largest absolute Gasteiger partial charge is 0.328 e. The van der Waals surface area contributed by atoms with Crippen molar-refractivity contribution in [1.82, 2.24) is 0 Å². The van der Waals surface area contributed by atoms with Gasteiger partial charge in [-0.1, -0.05) is 0 Å². The first-order valence-corrected chi connectivity index (χ1v) is 6.13. The molecule has 0 heterocycles. The molecule has 1 fully saturated rings. The van der Waals surface area contributed by atoms with Gasteiger partial charge in [-0.25, -0.2) is 8.42 Å². The molecule has 2 N–H and O–H groups in total. The first-order valence-electron chi connectivity index (χ1n) is 3.65. The molecule has 66 valence electrons. The lowest BCUT2D eigenvalue weighted by Gasteiger charge is -2.04. The van der Waals surface area contributed by atoms with Gasteiger partial charge in [0.25, 0.3) is 0 Å². The van der Waals surface area contributed by atoms with Crippen molar-refractivity contribution in [3.05, 3.63) is 0 Å². The van der Waals surface area contributed by atoms with Gasteiger partial charge in [-0.15, -0.1) is 0 Å². The molecule has 0 radical (unpaired) electrons. The van der Waals surface area contributed by atoms with Gasteiger partial charge in [-0.05, 0) is 25.2 Å². The number of rotatable bonds is 2. The monoisotopic (exact) mass is 197 g/mol. The fourth-order valence-electron chi connectivity index (χ4n) is 1.55. The van der Waals surface area contributed by atoms with Crippen LogP contribution >= 0.6 is 10.7 Å². The molecule has 0 aliphatic heterocycles. The first kappa shape index (κ1) is 9.29. The van der Waals surface area contributed by atoms with E-state index >= 15 is 0 Å². The maximum Gasteiger partial charge on any atom is 0.232 e. The molecule has 5 heteroatoms. The highest BCUT2D eigenvalue weighted by Gasteiger charge is 2.25. The topological polar surface area (TPSA) is 60.2 Å². The van der Waals surface area contributed by atoms with Gasteiger partial charge in [0.1, 0.15) is 0 Å². The standard InChI is InChI=1S/C6H12ClNO2S/c7-11(9,10)4-5-1-2-6(8)3-5/h5-6H,1-4,8H2/t5-,6+/m0/s1. The van der Waals surface area contributed by atoms with E-state index in [1.807, 2.05) is 0 Å². The minimum Gasteiger partial charge on any atom is -0.328 e. The van der Waals surface area contributed by atoms with Crippen LogP contribution in [-0.4, -0.2) is 20.2 Å². The zero-order valence-corrected chi connectivity index (χ0v) is 7.74. The summed E-state index contributed by atoms with van der Waals surface area (Å²) in [4.78, 5) is 0. The summed E-state index contributed by atoms with van der Waals surface area (Å²) in [6.07, 6.45) is 2.62. The fourth-order valence-corrected chi connectivity index (χ4v) is 2.95. The van der Waals surface area contributed by atoms with Crippen molar-refractivity contribution in [2.45, 2.75) is 25.3 Å². The summed E-state index contributed by atoms with van der Waals surface area (Å²) in [5.41, 5.74) is 5.61. The first-order chi connectivity index (χ1) is 4.97. The molecular weight excluding hydrogens is 186 g/mol. The average Bonchev–Trinajstić information content (AvgIpc) is 2.10. The maximum atomic E-state index is 10.6. The van der Waals surface area contributed by atoms with E-state index in [0.29, 0.717) is 0 Å². The van der Waals surface area contributed by atoms with Crippen LogP contribution < -0.4 is 5.73 Å². The Bertz CT molecular complexity index is 227. The molecule has 11 heavy (non-hydrogen) atoms. The van der Waals surface area contributed by atoms with Crippen molar-refractivity contribution in [3.63, 3.8) is 0 Å². The molecule has 2 atom stereocenters. The van der Waals surface area contributed by atoms with Gasteiger partial charge in [0, 0.05) is 16.7 Å². The van der Waals surface area contributed by atoms with Crippen LogP contribution in [0.4, 0.5) is 0 Å². The number of nitrogens with two attached hydrogens (primary N) is 1. The smallest absolute Gasteiger partial charge is 0.232 e. The Morgan fingerprint density at radius 1 is 1.45 bits per heavy atom. The summed E-state index contributed by atoms with van der Waals surface area (Å²) >= 11 is 0. The highest BCUT2D eigenvalue weighted by atomic mass is 35.7. The minimum absolute atomic E-state index is 0.0856. The molecule has 1 aliphatic rings. The van der Waals surface area contributed by atoms with Gasteiger partial charge < -0.3 is 5.73 Å². The van der Waals surface area contributed by atoms with Crippen LogP contribution in [0.15, 0.2) is 0 Å². The minimum atomic E-state index is -3.31. The Kier molecular flexibility index (Phi) is 2.78. The molecule has 0 amide bonds. The zero-order chi connectivity index (χ0) is 8.48. The number of hydrogen-bond donors (Lipinski definition) is 1. The predicted molar refractivity (Wildman–Crippen MR) is 45.0 cm³/mol. The van der Waals surface area contributed by atoms with Crippen molar-refractivity contribution >= 4 is 19.7 Å². The average molecular weight is 198 g/mol. The molecule has 0 unspecified atom stereocenters. The lowest BCUT2D eigenvalue weighted by atomic mass is 10.1. The van der Waals surface area contributed by atoms with Crippen molar-refractivity contribution < 1.29 is 8.42 Å². The second-order valence-electron chi connectivity index (χ2n) is 3.14. The van der Waals surface area contributed by atoms with Gasteiger partial charge in [-0.3, -0.25) is 0 Å². The van der Waals surface area contributed by atoms with Crippen molar-refractivity contribution in [2.24, 2.45) is 11.7 Å². The summed E-state index contributed by atoms with van der Waals surface area (Å²) in [5, 5.41) is 0. The molecular formula is C6H12ClNO2S. The van der Waals surface area contributed by atoms with Gasteiger partial charge >= 0.3 is 0 Å². The van der Waals surface area contributed by atoms with E-state index in [2.05, 4.69) is 0 Å². The number of hydrogen-bond acceptors (Lipinski definition) is 3. The second-order valence-corrected chi connectivity index (χ2v) is 5.97. The Hall–Kier alpha value is 0.200. The summed E-state index contributed by atoms with van der Waals surface area (Å²) in [6.45, 7) is 0. The van der Waals surface area contributed by atoms with E-state index in [-0.39, 0.29) is 17.7 Å². The van der Waals surface area contributed by atoms with Gasteiger partial charge in [-0.2, -0.15) is 0 Å². The van der Waals surface area contributed by atoms with E-state index < -0.39 is 9.05 Å². The van der Waals surface area contributed by atoms with Crippen molar-refractivity contribution in [3.8, 4) is 0 Å². The Morgan fingerprint density at radius 3 is 2.45 bits per heavy atom. The third-order valence-electron chi connectivity index (χ3n) is 2.02. The second kappa shape index (κ2) is 3.29. The number of halogens is 1. The summed E-state index contributed by atoms with van der Waals surface area (Å²) in [5.74, 6) is 0.273. The third kappa shape index (κ3) is 3.40.